The van der Waals surface area contributed by atoms with E-state index >= 15 is 0 Å². The van der Waals surface area contributed by atoms with Gasteiger partial charge >= 0.3 is 5.97 Å². The van der Waals surface area contributed by atoms with E-state index in [2.05, 4.69) is 6.58 Å². The Morgan fingerprint density at radius 3 is 2.92 bits per heavy atom. The average Bonchev–Trinajstić information content (AvgIpc) is 2.05. The van der Waals surface area contributed by atoms with Crippen molar-refractivity contribution in [1.82, 2.24) is 0 Å². The number of thioether (sulfide) groups is 1. The molecule has 0 aromatic heterocycles. The van der Waals surface area contributed by atoms with Gasteiger partial charge in [-0.25, -0.2) is 0 Å². The predicted octanol–water partition coefficient (Wildman–Crippen LogP) is 2.16. The van der Waals surface area contributed by atoms with Crippen LogP contribution in [0.5, 0.6) is 0 Å². The predicted molar refractivity (Wildman–Crippen MR) is 51.4 cm³/mol. The molecular weight excluding hydrogens is 172 g/mol. The molecule has 12 heavy (non-hydrogen) atoms. The van der Waals surface area contributed by atoms with E-state index in [1.165, 1.54) is 12.2 Å². The van der Waals surface area contributed by atoms with E-state index < -0.39 is 5.97 Å². The maximum atomic E-state index is 10.4. The molecule has 0 spiro atoms. The molecule has 1 saturated heterocycles. The summed E-state index contributed by atoms with van der Waals surface area (Å²) in [6.07, 6.45) is 2.47. The summed E-state index contributed by atoms with van der Waals surface area (Å²) < 4.78 is 0. The quantitative estimate of drug-likeness (QED) is 0.686. The minimum Gasteiger partial charge on any atom is -0.481 e. The normalized spacial score (nSPS) is 23.5. The van der Waals surface area contributed by atoms with Crippen molar-refractivity contribution in [2.75, 3.05) is 11.5 Å². The second-order valence-corrected chi connectivity index (χ2v) is 4.29. The fourth-order valence-electron chi connectivity index (χ4n) is 1.40. The molecule has 1 N–H and O–H groups in total. The van der Waals surface area contributed by atoms with E-state index in [0.717, 1.165) is 17.7 Å². The maximum absolute atomic E-state index is 10.4. The Balaban J connectivity index is 2.34. The van der Waals surface area contributed by atoms with Gasteiger partial charge in [0.2, 0.25) is 0 Å². The molecule has 0 bridgehead atoms. The highest BCUT2D eigenvalue weighted by Gasteiger charge is 2.17. The van der Waals surface area contributed by atoms with Gasteiger partial charge in [-0.1, -0.05) is 12.2 Å². The lowest BCUT2D eigenvalue weighted by Gasteiger charge is -2.22. The van der Waals surface area contributed by atoms with E-state index in [-0.39, 0.29) is 6.42 Å². The minimum absolute atomic E-state index is 0.144. The van der Waals surface area contributed by atoms with E-state index in [0.29, 0.717) is 5.92 Å². The molecule has 1 aliphatic heterocycles. The largest absolute Gasteiger partial charge is 0.481 e. The van der Waals surface area contributed by atoms with Crippen LogP contribution in [0.2, 0.25) is 0 Å². The lowest BCUT2D eigenvalue weighted by Crippen LogP contribution is -2.14. The lowest BCUT2D eigenvalue weighted by molar-refractivity contribution is -0.136. The third-order valence-electron chi connectivity index (χ3n) is 2.12. The maximum Gasteiger partial charge on any atom is 0.307 e. The number of hydrogen-bond acceptors (Lipinski definition) is 2. The van der Waals surface area contributed by atoms with Gasteiger partial charge in [0.15, 0.2) is 0 Å². The van der Waals surface area contributed by atoms with Gasteiger partial charge in [0.25, 0.3) is 0 Å². The smallest absolute Gasteiger partial charge is 0.307 e. The first-order chi connectivity index (χ1) is 5.70. The standard InChI is InChI=1S/C9H14O2S/c1-7(5-9(10)11)8-3-2-4-12-6-8/h8H,1-6H2,(H,10,11). The third kappa shape index (κ3) is 2.89. The molecule has 3 heteroatoms. The molecule has 68 valence electrons. The molecular formula is C9H14O2S. The fraction of sp³-hybridized carbons (Fsp3) is 0.667. The zero-order chi connectivity index (χ0) is 8.97. The van der Waals surface area contributed by atoms with Crippen LogP contribution in [0.15, 0.2) is 12.2 Å². The number of hydrogen-bond donors (Lipinski definition) is 1. The summed E-state index contributed by atoms with van der Waals surface area (Å²) >= 11 is 1.90. The summed E-state index contributed by atoms with van der Waals surface area (Å²) in [4.78, 5) is 10.4. The summed E-state index contributed by atoms with van der Waals surface area (Å²) in [6.45, 7) is 3.82. The fourth-order valence-corrected chi connectivity index (χ4v) is 2.63. The molecule has 1 atom stereocenters. The Morgan fingerprint density at radius 1 is 1.67 bits per heavy atom. The van der Waals surface area contributed by atoms with Crippen molar-refractivity contribution < 1.29 is 9.90 Å². The van der Waals surface area contributed by atoms with Crippen LogP contribution in [0.1, 0.15) is 19.3 Å². The van der Waals surface area contributed by atoms with Crippen LogP contribution in [-0.4, -0.2) is 22.6 Å². The van der Waals surface area contributed by atoms with Gasteiger partial charge in [0, 0.05) is 0 Å². The zero-order valence-corrected chi connectivity index (χ0v) is 7.90. The van der Waals surface area contributed by atoms with Gasteiger partial charge in [-0.15, -0.1) is 0 Å². The molecule has 1 fully saturated rings. The topological polar surface area (TPSA) is 37.3 Å². The first-order valence-electron chi connectivity index (χ1n) is 4.17. The van der Waals surface area contributed by atoms with Crippen LogP contribution in [0.3, 0.4) is 0 Å². The van der Waals surface area contributed by atoms with E-state index in [1.807, 2.05) is 11.8 Å². The monoisotopic (exact) mass is 186 g/mol. The Hall–Kier alpha value is -0.440. The lowest BCUT2D eigenvalue weighted by atomic mass is 9.95. The average molecular weight is 186 g/mol. The van der Waals surface area contributed by atoms with Crippen molar-refractivity contribution in [1.29, 1.82) is 0 Å². The molecule has 0 aliphatic carbocycles. The van der Waals surface area contributed by atoms with Crippen LogP contribution in [0, 0.1) is 5.92 Å². The van der Waals surface area contributed by atoms with Crippen molar-refractivity contribution in [3.8, 4) is 0 Å². The summed E-state index contributed by atoms with van der Waals surface area (Å²) in [7, 11) is 0. The summed E-state index contributed by atoms with van der Waals surface area (Å²) in [5, 5.41) is 8.55. The second-order valence-electron chi connectivity index (χ2n) is 3.14. The number of rotatable bonds is 3. The van der Waals surface area contributed by atoms with Gasteiger partial charge in [0.1, 0.15) is 0 Å². The number of carboxylic acid groups (broad SMARTS) is 1. The van der Waals surface area contributed by atoms with Crippen molar-refractivity contribution in [2.24, 2.45) is 5.92 Å². The van der Waals surface area contributed by atoms with Gasteiger partial charge in [-0.3, -0.25) is 4.79 Å². The number of carbonyl (C=O) groups is 1. The Morgan fingerprint density at radius 2 is 2.42 bits per heavy atom. The van der Waals surface area contributed by atoms with E-state index in [4.69, 9.17) is 5.11 Å². The van der Waals surface area contributed by atoms with Crippen LogP contribution in [0.25, 0.3) is 0 Å². The summed E-state index contributed by atoms with van der Waals surface area (Å²) in [6, 6.07) is 0. The van der Waals surface area contributed by atoms with E-state index in [9.17, 15) is 4.79 Å². The van der Waals surface area contributed by atoms with Gasteiger partial charge in [-0.2, -0.15) is 11.8 Å². The Labute approximate surface area is 77.0 Å². The molecule has 0 saturated carbocycles. The van der Waals surface area contributed by atoms with Crippen molar-refractivity contribution in [2.45, 2.75) is 19.3 Å². The summed E-state index contributed by atoms with van der Waals surface area (Å²) in [5.74, 6) is 1.97. The summed E-state index contributed by atoms with van der Waals surface area (Å²) in [5.41, 5.74) is 0.898. The second kappa shape index (κ2) is 4.55. The third-order valence-corrected chi connectivity index (χ3v) is 3.33. The van der Waals surface area contributed by atoms with E-state index in [1.54, 1.807) is 0 Å². The van der Waals surface area contributed by atoms with Gasteiger partial charge in [0.05, 0.1) is 6.42 Å². The van der Waals surface area contributed by atoms with Crippen molar-refractivity contribution >= 4 is 17.7 Å². The molecule has 0 amide bonds. The van der Waals surface area contributed by atoms with Crippen LogP contribution >= 0.6 is 11.8 Å². The highest BCUT2D eigenvalue weighted by molar-refractivity contribution is 7.99. The number of aliphatic carboxylic acids is 1. The Bertz CT molecular complexity index is 183. The van der Waals surface area contributed by atoms with Gasteiger partial charge in [-0.05, 0) is 30.3 Å². The molecule has 0 radical (unpaired) electrons. The Kier molecular flexibility index (Phi) is 3.66. The molecule has 0 aromatic rings. The van der Waals surface area contributed by atoms with Crippen LogP contribution in [0.4, 0.5) is 0 Å². The first-order valence-corrected chi connectivity index (χ1v) is 5.33. The van der Waals surface area contributed by atoms with Crippen molar-refractivity contribution in [3.05, 3.63) is 12.2 Å². The number of carboxylic acids is 1. The molecule has 1 unspecified atom stereocenters. The minimum atomic E-state index is -0.754. The highest BCUT2D eigenvalue weighted by atomic mass is 32.2. The molecule has 1 aliphatic rings. The highest BCUT2D eigenvalue weighted by Crippen LogP contribution is 2.28. The molecule has 1 rings (SSSR count). The van der Waals surface area contributed by atoms with Crippen LogP contribution < -0.4 is 0 Å². The SMILES string of the molecule is C=C(CC(=O)O)C1CCCSC1. The molecule has 0 aromatic carbocycles. The molecule has 1 heterocycles. The molecule has 2 nitrogen and oxygen atoms in total. The van der Waals surface area contributed by atoms with Crippen molar-refractivity contribution in [3.63, 3.8) is 0 Å². The van der Waals surface area contributed by atoms with Gasteiger partial charge < -0.3 is 5.11 Å². The first kappa shape index (κ1) is 9.65. The van der Waals surface area contributed by atoms with Crippen LogP contribution in [-0.2, 0) is 4.79 Å². The zero-order valence-electron chi connectivity index (χ0n) is 7.08.